The Kier molecular flexibility index (Phi) is 3.20. The highest BCUT2D eigenvalue weighted by atomic mass is 15.3. The molecule has 0 amide bonds. The summed E-state index contributed by atoms with van der Waals surface area (Å²) < 4.78 is 3.84. The van der Waals surface area contributed by atoms with E-state index < -0.39 is 0 Å². The van der Waals surface area contributed by atoms with Crippen molar-refractivity contribution in [1.82, 2.24) is 24.3 Å². The van der Waals surface area contributed by atoms with Crippen molar-refractivity contribution in [3.8, 4) is 11.4 Å². The molecule has 0 saturated carbocycles. The van der Waals surface area contributed by atoms with Crippen LogP contribution in [0.2, 0.25) is 0 Å². The van der Waals surface area contributed by atoms with Gasteiger partial charge in [0.25, 0.3) is 0 Å². The molecule has 0 unspecified atom stereocenters. The Morgan fingerprint density at radius 1 is 1.25 bits per heavy atom. The fourth-order valence-electron chi connectivity index (χ4n) is 2.06. The number of nitrogens with two attached hydrogens (primary N) is 1. The van der Waals surface area contributed by atoms with Crippen LogP contribution in [0.5, 0.6) is 0 Å². The van der Waals surface area contributed by atoms with Crippen LogP contribution in [0.3, 0.4) is 0 Å². The smallest absolute Gasteiger partial charge is 0.181 e. The zero-order chi connectivity index (χ0) is 13.9. The quantitative estimate of drug-likeness (QED) is 0.728. The molecule has 1 aromatic carbocycles. The van der Waals surface area contributed by atoms with Gasteiger partial charge in [0.15, 0.2) is 5.82 Å². The highest BCUT2D eigenvalue weighted by Crippen LogP contribution is 2.16. The van der Waals surface area contributed by atoms with Crippen molar-refractivity contribution in [2.24, 2.45) is 7.05 Å². The normalized spacial score (nSPS) is 10.8. The molecule has 3 aromatic rings. The largest absolute Gasteiger partial charge is 0.399 e. The summed E-state index contributed by atoms with van der Waals surface area (Å²) >= 11 is 0. The van der Waals surface area contributed by atoms with Gasteiger partial charge in [-0.15, -0.1) is 0 Å². The second kappa shape index (κ2) is 5.16. The average molecular weight is 268 g/mol. The summed E-state index contributed by atoms with van der Waals surface area (Å²) in [4.78, 5) is 8.61. The summed E-state index contributed by atoms with van der Waals surface area (Å²) in [7, 11) is 1.99. The van der Waals surface area contributed by atoms with Crippen molar-refractivity contribution >= 4 is 5.69 Å². The number of nitrogen functional groups attached to an aromatic ring is 1. The number of imidazole rings is 1. The Morgan fingerprint density at radius 2 is 2.15 bits per heavy atom. The van der Waals surface area contributed by atoms with Gasteiger partial charge in [-0.05, 0) is 12.1 Å². The van der Waals surface area contributed by atoms with E-state index in [0.29, 0.717) is 11.5 Å². The van der Waals surface area contributed by atoms with E-state index >= 15 is 0 Å². The van der Waals surface area contributed by atoms with Crippen LogP contribution in [-0.4, -0.2) is 24.3 Å². The second-order valence-corrected chi connectivity index (χ2v) is 4.66. The van der Waals surface area contributed by atoms with Crippen LogP contribution in [0.4, 0.5) is 5.69 Å². The van der Waals surface area contributed by atoms with Crippen molar-refractivity contribution in [2.45, 2.75) is 13.0 Å². The number of hydrogen-bond donors (Lipinski definition) is 1. The van der Waals surface area contributed by atoms with Crippen LogP contribution in [0.25, 0.3) is 11.4 Å². The molecule has 102 valence electrons. The molecule has 0 spiro atoms. The third-order valence-corrected chi connectivity index (χ3v) is 3.17. The lowest BCUT2D eigenvalue weighted by Crippen LogP contribution is -2.06. The maximum absolute atomic E-state index is 5.77. The van der Waals surface area contributed by atoms with Crippen molar-refractivity contribution in [3.63, 3.8) is 0 Å². The molecule has 2 aromatic heterocycles. The monoisotopic (exact) mass is 268 g/mol. The fraction of sp³-hybridized carbons (Fsp3) is 0.214. The maximum Gasteiger partial charge on any atom is 0.181 e. The first-order valence-electron chi connectivity index (χ1n) is 6.44. The third kappa shape index (κ3) is 2.54. The van der Waals surface area contributed by atoms with Crippen molar-refractivity contribution < 1.29 is 0 Å². The standard InChI is InChI=1S/C14H16N6/c1-19-8-6-16-13(19)5-7-20-10-17-14(18-20)11-3-2-4-12(15)9-11/h2-4,6,8-10H,5,7,15H2,1H3. The van der Waals surface area contributed by atoms with E-state index in [2.05, 4.69) is 15.1 Å². The molecule has 2 N–H and O–H groups in total. The number of hydrogen-bond acceptors (Lipinski definition) is 4. The Morgan fingerprint density at radius 3 is 2.90 bits per heavy atom. The van der Waals surface area contributed by atoms with Crippen molar-refractivity contribution in [1.29, 1.82) is 0 Å². The van der Waals surface area contributed by atoms with E-state index in [-0.39, 0.29) is 0 Å². The van der Waals surface area contributed by atoms with E-state index in [1.165, 1.54) is 0 Å². The summed E-state index contributed by atoms with van der Waals surface area (Å²) in [5.74, 6) is 1.73. The number of nitrogens with zero attached hydrogens (tertiary/aromatic N) is 5. The van der Waals surface area contributed by atoms with Crippen LogP contribution in [-0.2, 0) is 20.0 Å². The van der Waals surface area contributed by atoms with Gasteiger partial charge in [0.05, 0.1) is 0 Å². The first-order chi connectivity index (χ1) is 9.72. The number of anilines is 1. The Balaban J connectivity index is 1.72. The summed E-state index contributed by atoms with van der Waals surface area (Å²) in [6.07, 6.45) is 6.30. The average Bonchev–Trinajstić information content (AvgIpc) is 3.05. The molecule has 0 aliphatic carbocycles. The van der Waals surface area contributed by atoms with Gasteiger partial charge in [0.2, 0.25) is 0 Å². The van der Waals surface area contributed by atoms with Gasteiger partial charge in [-0.25, -0.2) is 9.97 Å². The summed E-state index contributed by atoms with van der Waals surface area (Å²) in [5.41, 5.74) is 7.41. The number of benzene rings is 1. The fourth-order valence-corrected chi connectivity index (χ4v) is 2.06. The predicted octanol–water partition coefficient (Wildman–Crippen LogP) is 1.50. The molecule has 0 atom stereocenters. The minimum atomic E-state index is 0.692. The maximum atomic E-state index is 5.77. The van der Waals surface area contributed by atoms with Crippen molar-refractivity contribution in [3.05, 3.63) is 48.8 Å². The first-order valence-corrected chi connectivity index (χ1v) is 6.44. The van der Waals surface area contributed by atoms with Crippen LogP contribution in [0.1, 0.15) is 5.82 Å². The van der Waals surface area contributed by atoms with E-state index in [1.807, 2.05) is 46.8 Å². The van der Waals surface area contributed by atoms with Gasteiger partial charge in [0, 0.05) is 43.7 Å². The lowest BCUT2D eigenvalue weighted by atomic mass is 10.2. The molecule has 0 fully saturated rings. The number of aromatic nitrogens is 5. The molecule has 0 radical (unpaired) electrons. The SMILES string of the molecule is Cn1ccnc1CCn1cnc(-c2cccc(N)c2)n1. The van der Waals surface area contributed by atoms with Gasteiger partial charge in [-0.2, -0.15) is 5.10 Å². The van der Waals surface area contributed by atoms with E-state index in [9.17, 15) is 0 Å². The van der Waals surface area contributed by atoms with E-state index in [0.717, 1.165) is 24.4 Å². The molecule has 3 rings (SSSR count). The zero-order valence-electron chi connectivity index (χ0n) is 11.3. The number of aryl methyl sites for hydroxylation is 3. The highest BCUT2D eigenvalue weighted by molar-refractivity contribution is 5.60. The Bertz CT molecular complexity index is 712. The van der Waals surface area contributed by atoms with E-state index in [4.69, 9.17) is 5.73 Å². The van der Waals surface area contributed by atoms with Crippen LogP contribution in [0, 0.1) is 0 Å². The molecular weight excluding hydrogens is 252 g/mol. The molecular formula is C14H16N6. The molecule has 6 nitrogen and oxygen atoms in total. The molecule has 0 saturated heterocycles. The molecule has 6 heteroatoms. The summed E-state index contributed by atoms with van der Waals surface area (Å²) in [5, 5.41) is 4.46. The summed E-state index contributed by atoms with van der Waals surface area (Å²) in [6.45, 7) is 0.750. The highest BCUT2D eigenvalue weighted by Gasteiger charge is 2.05. The molecule has 0 bridgehead atoms. The van der Waals surface area contributed by atoms with Crippen LogP contribution < -0.4 is 5.73 Å². The topological polar surface area (TPSA) is 74.5 Å². The van der Waals surface area contributed by atoms with Gasteiger partial charge in [0.1, 0.15) is 12.2 Å². The Hall–Kier alpha value is -2.63. The molecule has 0 aliphatic rings. The molecule has 20 heavy (non-hydrogen) atoms. The predicted molar refractivity (Wildman–Crippen MR) is 76.8 cm³/mol. The van der Waals surface area contributed by atoms with Crippen molar-refractivity contribution in [2.75, 3.05) is 5.73 Å². The lowest BCUT2D eigenvalue weighted by molar-refractivity contribution is 0.589. The van der Waals surface area contributed by atoms with Gasteiger partial charge in [-0.3, -0.25) is 4.68 Å². The van der Waals surface area contributed by atoms with Crippen LogP contribution >= 0.6 is 0 Å². The molecule has 0 aliphatic heterocycles. The minimum absolute atomic E-state index is 0.692. The van der Waals surface area contributed by atoms with Crippen LogP contribution in [0.15, 0.2) is 43.0 Å². The molecule has 2 heterocycles. The van der Waals surface area contributed by atoms with Gasteiger partial charge >= 0.3 is 0 Å². The van der Waals surface area contributed by atoms with E-state index in [1.54, 1.807) is 12.5 Å². The third-order valence-electron chi connectivity index (χ3n) is 3.17. The first kappa shape index (κ1) is 12.4. The second-order valence-electron chi connectivity index (χ2n) is 4.66. The van der Waals surface area contributed by atoms with Gasteiger partial charge < -0.3 is 10.3 Å². The minimum Gasteiger partial charge on any atom is -0.399 e. The summed E-state index contributed by atoms with van der Waals surface area (Å²) in [6, 6.07) is 7.58. The zero-order valence-corrected chi connectivity index (χ0v) is 11.3. The lowest BCUT2D eigenvalue weighted by Gasteiger charge is -2.01. The van der Waals surface area contributed by atoms with Gasteiger partial charge in [-0.1, -0.05) is 12.1 Å². The Labute approximate surface area is 116 Å². The number of rotatable bonds is 4.